The minimum absolute atomic E-state index is 0.132. The number of nitrogens with zero attached hydrogens (tertiary/aromatic N) is 2. The van der Waals surface area contributed by atoms with Gasteiger partial charge in [0, 0.05) is 28.6 Å². The number of hydrogen-bond acceptors (Lipinski definition) is 8. The van der Waals surface area contributed by atoms with E-state index < -0.39 is 52.3 Å². The van der Waals surface area contributed by atoms with Gasteiger partial charge in [0.2, 0.25) is 0 Å². The number of aromatic nitrogens is 1. The van der Waals surface area contributed by atoms with Crippen molar-refractivity contribution in [2.45, 2.75) is 31.4 Å². The van der Waals surface area contributed by atoms with Gasteiger partial charge in [-0.1, -0.05) is 24.3 Å². The average molecular weight is 540 g/mol. The standard InChI is InChI=1S/C31H29N3O6/c1-14-23-16(12-20-26(34(2)3)28(37)25(30(32)39)29(38)31(14,20)40)11-19-18(8-9-22(35)24(19)27(23)36)17-10-15-6-4-5-7-21(15)33-13-17/h4-10,13,16,20,26,35,38,40H,11-12H2,1-3H3,(H2,32,39)/t16?,20-,26?,31+/m0/s1. The molecule has 3 aliphatic carbocycles. The van der Waals surface area contributed by atoms with E-state index in [1.54, 1.807) is 31.3 Å². The maximum atomic E-state index is 14.1. The second kappa shape index (κ2) is 8.84. The number of allylic oxidation sites excluding steroid dienone is 1. The molecule has 204 valence electrons. The molecule has 9 nitrogen and oxygen atoms in total. The van der Waals surface area contributed by atoms with Crippen molar-refractivity contribution >= 4 is 28.4 Å². The highest BCUT2D eigenvalue weighted by atomic mass is 16.3. The number of aromatic hydroxyl groups is 1. The van der Waals surface area contributed by atoms with Gasteiger partial charge in [0.05, 0.1) is 17.1 Å². The van der Waals surface area contributed by atoms with Crippen LogP contribution in [0.25, 0.3) is 22.0 Å². The number of fused-ring (bicyclic) bond motifs is 4. The molecule has 1 amide bonds. The monoisotopic (exact) mass is 539 g/mol. The van der Waals surface area contributed by atoms with Crippen molar-refractivity contribution in [3.8, 4) is 16.9 Å². The Hall–Kier alpha value is -4.34. The molecule has 1 aromatic heterocycles. The van der Waals surface area contributed by atoms with Crippen LogP contribution in [-0.2, 0) is 16.0 Å². The van der Waals surface area contributed by atoms with Gasteiger partial charge in [-0.2, -0.15) is 0 Å². The van der Waals surface area contributed by atoms with Crippen molar-refractivity contribution in [1.29, 1.82) is 0 Å². The molecule has 1 heterocycles. The Morgan fingerprint density at radius 3 is 2.55 bits per heavy atom. The Kier molecular flexibility index (Phi) is 5.72. The number of hydrogen-bond donors (Lipinski definition) is 4. The second-order valence-electron chi connectivity index (χ2n) is 11.1. The van der Waals surface area contributed by atoms with Gasteiger partial charge >= 0.3 is 0 Å². The number of pyridine rings is 1. The topological polar surface area (TPSA) is 154 Å². The summed E-state index contributed by atoms with van der Waals surface area (Å²) in [4.78, 5) is 45.8. The molecule has 0 aliphatic heterocycles. The van der Waals surface area contributed by atoms with Gasteiger partial charge in [0.25, 0.3) is 5.91 Å². The third-order valence-corrected chi connectivity index (χ3v) is 8.87. The van der Waals surface area contributed by atoms with Gasteiger partial charge in [-0.15, -0.1) is 0 Å². The maximum Gasteiger partial charge on any atom is 0.255 e. The molecule has 2 aromatic carbocycles. The minimum Gasteiger partial charge on any atom is -0.508 e. The van der Waals surface area contributed by atoms with Crippen LogP contribution in [0.4, 0.5) is 0 Å². The fourth-order valence-electron chi connectivity index (χ4n) is 7.08. The molecule has 40 heavy (non-hydrogen) atoms. The number of Topliss-reactive ketones (excluding diaryl/α,β-unsaturated/α-hetero) is 2. The van der Waals surface area contributed by atoms with E-state index in [0.29, 0.717) is 12.0 Å². The number of carbonyl (C=O) groups excluding carboxylic acids is 3. The molecule has 0 saturated heterocycles. The first-order chi connectivity index (χ1) is 19.0. The molecule has 6 rings (SSSR count). The zero-order valence-corrected chi connectivity index (χ0v) is 22.3. The van der Waals surface area contributed by atoms with E-state index in [2.05, 4.69) is 4.98 Å². The zero-order chi connectivity index (χ0) is 28.7. The van der Waals surface area contributed by atoms with E-state index in [0.717, 1.165) is 22.0 Å². The van der Waals surface area contributed by atoms with Gasteiger partial charge < -0.3 is 21.1 Å². The normalized spacial score (nSPS) is 26.2. The molecular weight excluding hydrogens is 510 g/mol. The Morgan fingerprint density at radius 1 is 1.12 bits per heavy atom. The molecule has 0 bridgehead atoms. The molecule has 3 aliphatic rings. The number of benzene rings is 2. The number of amides is 1. The average Bonchev–Trinajstić information content (AvgIpc) is 2.90. The zero-order valence-electron chi connectivity index (χ0n) is 22.3. The first kappa shape index (κ1) is 25.9. The van der Waals surface area contributed by atoms with Crippen LogP contribution in [0.15, 0.2) is 71.1 Å². The highest BCUT2D eigenvalue weighted by Gasteiger charge is 2.60. The number of phenolic OH excluding ortho intramolecular Hbond substituents is 1. The van der Waals surface area contributed by atoms with E-state index in [1.807, 2.05) is 30.3 Å². The lowest BCUT2D eigenvalue weighted by Gasteiger charge is -2.51. The maximum absolute atomic E-state index is 14.1. The van der Waals surface area contributed by atoms with Crippen molar-refractivity contribution in [3.63, 3.8) is 0 Å². The Morgan fingerprint density at radius 2 is 1.85 bits per heavy atom. The summed E-state index contributed by atoms with van der Waals surface area (Å²) in [5.41, 5.74) is 6.25. The first-order valence-corrected chi connectivity index (χ1v) is 13.1. The smallest absolute Gasteiger partial charge is 0.255 e. The Bertz CT molecular complexity index is 1720. The van der Waals surface area contributed by atoms with Crippen LogP contribution in [0.2, 0.25) is 0 Å². The lowest BCUT2D eigenvalue weighted by Crippen LogP contribution is -2.62. The van der Waals surface area contributed by atoms with Crippen molar-refractivity contribution in [2.24, 2.45) is 17.6 Å². The van der Waals surface area contributed by atoms with Crippen molar-refractivity contribution < 1.29 is 29.7 Å². The summed E-state index contributed by atoms with van der Waals surface area (Å²) >= 11 is 0. The first-order valence-electron chi connectivity index (χ1n) is 13.1. The third-order valence-electron chi connectivity index (χ3n) is 8.87. The summed E-state index contributed by atoms with van der Waals surface area (Å²) in [6.45, 7) is 1.53. The number of rotatable bonds is 3. The molecule has 0 radical (unpaired) electrons. The SMILES string of the molecule is CC1=C2C(=O)c3c(O)ccc(-c4cnc5ccccc5c4)c3CC2C[C@H]2C(N(C)C)C(=O)C(C(N)=O)=C(O)[C@@]12O. The lowest BCUT2D eigenvalue weighted by molar-refractivity contribution is -0.133. The molecule has 9 heteroatoms. The lowest BCUT2D eigenvalue weighted by atomic mass is 9.57. The van der Waals surface area contributed by atoms with Crippen LogP contribution in [0.3, 0.4) is 0 Å². The number of phenols is 1. The predicted octanol–water partition coefficient (Wildman–Crippen LogP) is 2.84. The van der Waals surface area contributed by atoms with Crippen LogP contribution >= 0.6 is 0 Å². The molecule has 4 atom stereocenters. The number of nitrogens with two attached hydrogens (primary N) is 1. The predicted molar refractivity (Wildman–Crippen MR) is 147 cm³/mol. The van der Waals surface area contributed by atoms with Gasteiger partial charge in [0.15, 0.2) is 11.6 Å². The highest BCUT2D eigenvalue weighted by Crippen LogP contribution is 2.54. The number of ketones is 2. The van der Waals surface area contributed by atoms with Gasteiger partial charge in [0.1, 0.15) is 22.7 Å². The molecule has 0 saturated carbocycles. The van der Waals surface area contributed by atoms with Crippen LogP contribution in [0.1, 0.15) is 29.3 Å². The summed E-state index contributed by atoms with van der Waals surface area (Å²) in [5, 5.41) is 34.9. The molecule has 5 N–H and O–H groups in total. The molecule has 0 fully saturated rings. The minimum atomic E-state index is -2.15. The van der Waals surface area contributed by atoms with E-state index in [1.165, 1.54) is 13.0 Å². The summed E-state index contributed by atoms with van der Waals surface area (Å²) in [6, 6.07) is 12.0. The summed E-state index contributed by atoms with van der Waals surface area (Å²) in [6.07, 6.45) is 2.29. The van der Waals surface area contributed by atoms with Crippen molar-refractivity contribution in [1.82, 2.24) is 9.88 Å². The molecule has 0 spiro atoms. The number of primary amides is 1. The molecular formula is C31H29N3O6. The number of aliphatic hydroxyl groups excluding tert-OH is 1. The Balaban J connectivity index is 1.56. The number of carbonyl (C=O) groups is 3. The van der Waals surface area contributed by atoms with Gasteiger partial charge in [-0.05, 0) is 74.7 Å². The number of likely N-dealkylation sites (N-methyl/N-ethyl adjacent to an activating group) is 1. The molecule has 2 unspecified atom stereocenters. The fraction of sp³-hybridized carbons (Fsp3) is 0.290. The largest absolute Gasteiger partial charge is 0.508 e. The Labute approximate surface area is 230 Å². The van der Waals surface area contributed by atoms with Gasteiger partial charge in [-0.25, -0.2) is 0 Å². The van der Waals surface area contributed by atoms with Crippen LogP contribution in [0, 0.1) is 11.8 Å². The van der Waals surface area contributed by atoms with E-state index in [4.69, 9.17) is 5.73 Å². The van der Waals surface area contributed by atoms with E-state index in [-0.39, 0.29) is 28.9 Å². The molecule has 3 aromatic rings. The highest BCUT2D eigenvalue weighted by molar-refractivity contribution is 6.22. The van der Waals surface area contributed by atoms with Crippen molar-refractivity contribution in [2.75, 3.05) is 14.1 Å². The van der Waals surface area contributed by atoms with Gasteiger partial charge in [-0.3, -0.25) is 24.3 Å². The summed E-state index contributed by atoms with van der Waals surface area (Å²) in [7, 11) is 3.31. The third kappa shape index (κ3) is 3.41. The quantitative estimate of drug-likeness (QED) is 0.371. The number of para-hydroxylation sites is 1. The van der Waals surface area contributed by atoms with E-state index in [9.17, 15) is 29.7 Å². The van der Waals surface area contributed by atoms with Crippen LogP contribution in [-0.4, -0.2) is 68.4 Å². The summed E-state index contributed by atoms with van der Waals surface area (Å²) < 4.78 is 0. The van der Waals surface area contributed by atoms with Crippen LogP contribution in [0.5, 0.6) is 5.75 Å². The van der Waals surface area contributed by atoms with E-state index >= 15 is 0 Å². The van der Waals surface area contributed by atoms with Crippen LogP contribution < -0.4 is 5.73 Å². The summed E-state index contributed by atoms with van der Waals surface area (Å²) in [5.74, 6) is -4.53. The van der Waals surface area contributed by atoms with Crippen molar-refractivity contribution in [3.05, 3.63) is 82.3 Å². The second-order valence-corrected chi connectivity index (χ2v) is 11.1. The number of aliphatic hydroxyl groups is 2. The fourth-order valence-corrected chi connectivity index (χ4v) is 7.08.